The molecular weight excluding hydrogens is 186 g/mol. The summed E-state index contributed by atoms with van der Waals surface area (Å²) < 4.78 is 2.70. The third-order valence-electron chi connectivity index (χ3n) is 3.08. The van der Waals surface area contributed by atoms with Crippen LogP contribution in [-0.2, 0) is 0 Å². The molecule has 76 valence electrons. The SMILES string of the molecule is CC(C)N(c1ccccc1)[SiH]1CCC1. The van der Waals surface area contributed by atoms with Crippen LogP contribution >= 0.6 is 0 Å². The van der Waals surface area contributed by atoms with Crippen LogP contribution in [-0.4, -0.2) is 15.0 Å². The van der Waals surface area contributed by atoms with Gasteiger partial charge in [-0.3, -0.25) is 0 Å². The van der Waals surface area contributed by atoms with Crippen molar-refractivity contribution in [1.29, 1.82) is 0 Å². The van der Waals surface area contributed by atoms with Crippen LogP contribution in [0.4, 0.5) is 5.69 Å². The van der Waals surface area contributed by atoms with Crippen LogP contribution in [0, 0.1) is 0 Å². The standard InChI is InChI=1S/C12H19NSi/c1-11(2)13(14-9-6-10-14)12-7-4-3-5-8-12/h3-5,7-8,11,14H,6,9-10H2,1-2H3. The minimum Gasteiger partial charge on any atom is -0.398 e. The number of hydrogen-bond donors (Lipinski definition) is 0. The van der Waals surface area contributed by atoms with Crippen molar-refractivity contribution in [1.82, 2.24) is 0 Å². The predicted molar refractivity (Wildman–Crippen MR) is 65.4 cm³/mol. The summed E-state index contributed by atoms with van der Waals surface area (Å²) in [6.07, 6.45) is 1.47. The summed E-state index contributed by atoms with van der Waals surface area (Å²) >= 11 is 0. The quantitative estimate of drug-likeness (QED) is 0.686. The summed E-state index contributed by atoms with van der Waals surface area (Å²) in [6, 6.07) is 14.6. The smallest absolute Gasteiger partial charge is 0.140 e. The van der Waals surface area contributed by atoms with Gasteiger partial charge in [-0.05, 0) is 38.1 Å². The van der Waals surface area contributed by atoms with Gasteiger partial charge in [-0.15, -0.1) is 0 Å². The van der Waals surface area contributed by atoms with Gasteiger partial charge in [-0.25, -0.2) is 0 Å². The highest BCUT2D eigenvalue weighted by molar-refractivity contribution is 6.66. The van der Waals surface area contributed by atoms with Gasteiger partial charge in [0.15, 0.2) is 0 Å². The minimum absolute atomic E-state index is 0.567. The first kappa shape index (κ1) is 9.78. The molecule has 0 bridgehead atoms. The Morgan fingerprint density at radius 3 is 2.21 bits per heavy atom. The second-order valence-electron chi connectivity index (χ2n) is 4.42. The van der Waals surface area contributed by atoms with Gasteiger partial charge in [0.1, 0.15) is 8.96 Å². The molecule has 2 rings (SSSR count). The zero-order valence-electron chi connectivity index (χ0n) is 9.11. The molecule has 1 aromatic rings. The van der Waals surface area contributed by atoms with Gasteiger partial charge in [0.2, 0.25) is 0 Å². The van der Waals surface area contributed by atoms with E-state index >= 15 is 0 Å². The van der Waals surface area contributed by atoms with E-state index in [1.54, 1.807) is 0 Å². The molecule has 0 N–H and O–H groups in total. The highest BCUT2D eigenvalue weighted by Crippen LogP contribution is 2.29. The normalized spacial score (nSPS) is 16.8. The first-order chi connectivity index (χ1) is 6.79. The molecule has 0 unspecified atom stereocenters. The van der Waals surface area contributed by atoms with Gasteiger partial charge in [0.25, 0.3) is 0 Å². The van der Waals surface area contributed by atoms with Crippen LogP contribution in [0.25, 0.3) is 0 Å². The number of rotatable bonds is 3. The van der Waals surface area contributed by atoms with E-state index in [2.05, 4.69) is 48.7 Å². The van der Waals surface area contributed by atoms with Crippen molar-refractivity contribution in [3.8, 4) is 0 Å². The predicted octanol–water partition coefficient (Wildman–Crippen LogP) is 3.03. The van der Waals surface area contributed by atoms with Gasteiger partial charge < -0.3 is 4.57 Å². The van der Waals surface area contributed by atoms with Crippen molar-refractivity contribution in [2.24, 2.45) is 0 Å². The molecule has 2 heteroatoms. The maximum atomic E-state index is 2.70. The van der Waals surface area contributed by atoms with Crippen molar-refractivity contribution >= 4 is 14.6 Å². The van der Waals surface area contributed by atoms with Crippen LogP contribution in [0.3, 0.4) is 0 Å². The molecule has 14 heavy (non-hydrogen) atoms. The van der Waals surface area contributed by atoms with Crippen LogP contribution in [0.5, 0.6) is 0 Å². The molecule has 0 amide bonds. The molecule has 1 nitrogen and oxygen atoms in total. The average Bonchev–Trinajstić information content (AvgIpc) is 2.12. The number of nitrogens with zero attached hydrogens (tertiary/aromatic N) is 1. The number of anilines is 1. The lowest BCUT2D eigenvalue weighted by atomic mass is 10.3. The topological polar surface area (TPSA) is 3.24 Å². The van der Waals surface area contributed by atoms with E-state index in [-0.39, 0.29) is 0 Å². The van der Waals surface area contributed by atoms with E-state index in [4.69, 9.17) is 0 Å². The summed E-state index contributed by atoms with van der Waals surface area (Å²) in [7, 11) is -0.567. The van der Waals surface area contributed by atoms with Crippen molar-refractivity contribution in [3.05, 3.63) is 30.3 Å². The zero-order chi connectivity index (χ0) is 9.97. The van der Waals surface area contributed by atoms with Crippen molar-refractivity contribution in [2.75, 3.05) is 4.57 Å². The fourth-order valence-corrected chi connectivity index (χ4v) is 4.96. The molecule has 1 aliphatic heterocycles. The summed E-state index contributed by atoms with van der Waals surface area (Å²) in [4.78, 5) is 0. The highest BCUT2D eigenvalue weighted by atomic mass is 28.3. The summed E-state index contributed by atoms with van der Waals surface area (Å²) in [5.74, 6) is 0. The Labute approximate surface area is 88.4 Å². The molecule has 1 saturated heterocycles. The van der Waals surface area contributed by atoms with Gasteiger partial charge in [0, 0.05) is 11.7 Å². The first-order valence-electron chi connectivity index (χ1n) is 5.62. The molecule has 1 aliphatic rings. The Morgan fingerprint density at radius 2 is 1.79 bits per heavy atom. The van der Waals surface area contributed by atoms with Crippen LogP contribution < -0.4 is 4.57 Å². The second-order valence-corrected chi connectivity index (χ2v) is 7.44. The molecule has 0 atom stereocenters. The summed E-state index contributed by atoms with van der Waals surface area (Å²) in [5.41, 5.74) is 1.44. The highest BCUT2D eigenvalue weighted by Gasteiger charge is 2.28. The van der Waals surface area contributed by atoms with E-state index in [0.29, 0.717) is 6.04 Å². The molecule has 0 aliphatic carbocycles. The maximum absolute atomic E-state index is 2.70. The largest absolute Gasteiger partial charge is 0.398 e. The van der Waals surface area contributed by atoms with Crippen molar-refractivity contribution < 1.29 is 0 Å². The lowest BCUT2D eigenvalue weighted by molar-refractivity contribution is 0.775. The van der Waals surface area contributed by atoms with Crippen molar-refractivity contribution in [2.45, 2.75) is 38.4 Å². The fourth-order valence-electron chi connectivity index (χ4n) is 2.20. The first-order valence-corrected chi connectivity index (χ1v) is 7.77. The minimum atomic E-state index is -0.567. The summed E-state index contributed by atoms with van der Waals surface area (Å²) in [5, 5.41) is 0. The van der Waals surface area contributed by atoms with Gasteiger partial charge >= 0.3 is 0 Å². The van der Waals surface area contributed by atoms with Gasteiger partial charge in [-0.2, -0.15) is 0 Å². The molecule has 0 aromatic heterocycles. The number of benzene rings is 1. The van der Waals surface area contributed by atoms with Crippen LogP contribution in [0.15, 0.2) is 30.3 Å². The molecule has 0 radical (unpaired) electrons. The Kier molecular flexibility index (Phi) is 2.92. The van der Waals surface area contributed by atoms with Crippen LogP contribution in [0.2, 0.25) is 12.1 Å². The van der Waals surface area contributed by atoms with E-state index in [1.165, 1.54) is 24.2 Å². The van der Waals surface area contributed by atoms with E-state index in [0.717, 1.165) is 0 Å². The molecular formula is C12H19NSi. The Morgan fingerprint density at radius 1 is 1.14 bits per heavy atom. The third-order valence-corrected chi connectivity index (χ3v) is 6.91. The molecule has 0 saturated carbocycles. The third kappa shape index (κ3) is 1.85. The average molecular weight is 205 g/mol. The van der Waals surface area contributed by atoms with Crippen molar-refractivity contribution in [3.63, 3.8) is 0 Å². The molecule has 1 aromatic carbocycles. The van der Waals surface area contributed by atoms with Crippen LogP contribution in [0.1, 0.15) is 20.3 Å². The number of hydrogen-bond acceptors (Lipinski definition) is 1. The summed E-state index contributed by atoms with van der Waals surface area (Å²) in [6.45, 7) is 4.64. The monoisotopic (exact) mass is 205 g/mol. The Hall–Kier alpha value is -0.763. The fraction of sp³-hybridized carbons (Fsp3) is 0.500. The Bertz CT molecular complexity index is 280. The maximum Gasteiger partial charge on any atom is 0.140 e. The van der Waals surface area contributed by atoms with Gasteiger partial charge in [-0.1, -0.05) is 24.6 Å². The van der Waals surface area contributed by atoms with Gasteiger partial charge in [0.05, 0.1) is 0 Å². The zero-order valence-corrected chi connectivity index (χ0v) is 10.3. The van der Waals surface area contributed by atoms with E-state index in [9.17, 15) is 0 Å². The molecule has 1 fully saturated rings. The molecule has 1 heterocycles. The van der Waals surface area contributed by atoms with E-state index in [1.807, 2.05) is 0 Å². The second kappa shape index (κ2) is 4.18. The van der Waals surface area contributed by atoms with E-state index < -0.39 is 8.96 Å². The lowest BCUT2D eigenvalue weighted by Gasteiger charge is -2.41. The Balaban J connectivity index is 2.18. The lowest BCUT2D eigenvalue weighted by Crippen LogP contribution is -2.48. The number of para-hydroxylation sites is 1. The molecule has 0 spiro atoms.